The zero-order chi connectivity index (χ0) is 16.1. The lowest BCUT2D eigenvalue weighted by atomic mass is 10.2. The van der Waals surface area contributed by atoms with Crippen LogP contribution in [0.1, 0.15) is 5.56 Å². The first-order chi connectivity index (χ1) is 11.2. The van der Waals surface area contributed by atoms with Crippen molar-refractivity contribution in [2.75, 3.05) is 5.43 Å². The summed E-state index contributed by atoms with van der Waals surface area (Å²) in [5.41, 5.74) is 3.33. The number of imidazole rings is 1. The molecule has 0 bridgehead atoms. The maximum Gasteiger partial charge on any atom is 0.270 e. The van der Waals surface area contributed by atoms with Crippen LogP contribution in [0.2, 0.25) is 0 Å². The standard InChI is InChI=1S/C14H11N7O2/c22-21(23)12-3-1-2-11(8-12)9-16-17-13-4-5-14(19-18-13)20-7-6-15-10-20/h1-10H,(H,17,18)/b16-9-. The van der Waals surface area contributed by atoms with Crippen molar-refractivity contribution < 1.29 is 4.92 Å². The molecule has 23 heavy (non-hydrogen) atoms. The van der Waals surface area contributed by atoms with E-state index in [1.165, 1.54) is 18.3 Å². The third-order valence-corrected chi connectivity index (χ3v) is 2.89. The second kappa shape index (κ2) is 6.43. The first kappa shape index (κ1) is 14.3. The number of nitro benzene ring substituents is 1. The summed E-state index contributed by atoms with van der Waals surface area (Å²) in [5.74, 6) is 1.09. The fourth-order valence-corrected chi connectivity index (χ4v) is 1.81. The molecule has 0 saturated heterocycles. The summed E-state index contributed by atoms with van der Waals surface area (Å²) in [6.45, 7) is 0. The molecule has 9 nitrogen and oxygen atoms in total. The van der Waals surface area contributed by atoms with Crippen LogP contribution in [0.15, 0.2) is 60.2 Å². The molecule has 114 valence electrons. The van der Waals surface area contributed by atoms with E-state index in [1.807, 2.05) is 0 Å². The highest BCUT2D eigenvalue weighted by atomic mass is 16.6. The van der Waals surface area contributed by atoms with Crippen molar-refractivity contribution in [2.45, 2.75) is 0 Å². The van der Waals surface area contributed by atoms with E-state index in [0.717, 1.165) is 0 Å². The Kier molecular flexibility index (Phi) is 4.01. The Bertz CT molecular complexity index is 829. The van der Waals surface area contributed by atoms with Crippen LogP contribution < -0.4 is 5.43 Å². The first-order valence-electron chi connectivity index (χ1n) is 6.58. The number of nitrogens with one attached hydrogen (secondary N) is 1. The van der Waals surface area contributed by atoms with Gasteiger partial charge in [-0.15, -0.1) is 10.2 Å². The summed E-state index contributed by atoms with van der Waals surface area (Å²) in [6.07, 6.45) is 6.50. The van der Waals surface area contributed by atoms with Gasteiger partial charge in [-0.25, -0.2) is 4.98 Å². The van der Waals surface area contributed by atoms with E-state index in [0.29, 0.717) is 17.2 Å². The third kappa shape index (κ3) is 3.53. The Hall–Kier alpha value is -3.62. The highest BCUT2D eigenvalue weighted by Crippen LogP contribution is 2.11. The molecule has 0 saturated carbocycles. The molecular formula is C14H11N7O2. The molecule has 2 heterocycles. The van der Waals surface area contributed by atoms with E-state index in [1.54, 1.807) is 47.6 Å². The van der Waals surface area contributed by atoms with Crippen LogP contribution in [0.3, 0.4) is 0 Å². The maximum absolute atomic E-state index is 10.7. The van der Waals surface area contributed by atoms with Crippen LogP contribution in [0.25, 0.3) is 5.82 Å². The van der Waals surface area contributed by atoms with Crippen molar-refractivity contribution in [1.29, 1.82) is 0 Å². The lowest BCUT2D eigenvalue weighted by molar-refractivity contribution is -0.384. The number of nitrogens with zero attached hydrogens (tertiary/aromatic N) is 6. The van der Waals surface area contributed by atoms with Crippen molar-refractivity contribution in [1.82, 2.24) is 19.7 Å². The van der Waals surface area contributed by atoms with Crippen molar-refractivity contribution in [2.24, 2.45) is 5.10 Å². The van der Waals surface area contributed by atoms with Gasteiger partial charge < -0.3 is 0 Å². The Morgan fingerprint density at radius 1 is 1.26 bits per heavy atom. The summed E-state index contributed by atoms with van der Waals surface area (Å²) in [6, 6.07) is 9.64. The molecule has 3 aromatic rings. The van der Waals surface area contributed by atoms with Crippen LogP contribution in [0.5, 0.6) is 0 Å². The molecule has 3 rings (SSSR count). The van der Waals surface area contributed by atoms with Crippen LogP contribution in [-0.4, -0.2) is 30.9 Å². The second-order valence-corrected chi connectivity index (χ2v) is 4.47. The average Bonchev–Trinajstić information content (AvgIpc) is 3.10. The summed E-state index contributed by atoms with van der Waals surface area (Å²) in [7, 11) is 0. The van der Waals surface area contributed by atoms with Gasteiger partial charge in [0.05, 0.1) is 11.1 Å². The Morgan fingerprint density at radius 2 is 2.17 bits per heavy atom. The van der Waals surface area contributed by atoms with Gasteiger partial charge >= 0.3 is 0 Å². The Morgan fingerprint density at radius 3 is 2.87 bits per heavy atom. The molecule has 1 N–H and O–H groups in total. The van der Waals surface area contributed by atoms with E-state index in [4.69, 9.17) is 0 Å². The number of aromatic nitrogens is 4. The molecule has 0 fully saturated rings. The number of anilines is 1. The lowest BCUT2D eigenvalue weighted by Crippen LogP contribution is -2.00. The number of hydrazone groups is 1. The zero-order valence-corrected chi connectivity index (χ0v) is 11.8. The van der Waals surface area contributed by atoms with E-state index < -0.39 is 4.92 Å². The van der Waals surface area contributed by atoms with Crippen LogP contribution >= 0.6 is 0 Å². The molecule has 9 heteroatoms. The number of non-ortho nitro benzene ring substituents is 1. The second-order valence-electron chi connectivity index (χ2n) is 4.47. The van der Waals surface area contributed by atoms with Crippen molar-refractivity contribution in [3.63, 3.8) is 0 Å². The van der Waals surface area contributed by atoms with Gasteiger partial charge in [0, 0.05) is 30.1 Å². The summed E-state index contributed by atoms with van der Waals surface area (Å²) < 4.78 is 1.73. The van der Waals surface area contributed by atoms with E-state index >= 15 is 0 Å². The number of benzene rings is 1. The van der Waals surface area contributed by atoms with Gasteiger partial charge in [0.1, 0.15) is 6.33 Å². The molecule has 0 unspecified atom stereocenters. The summed E-state index contributed by atoms with van der Waals surface area (Å²) >= 11 is 0. The number of rotatable bonds is 5. The predicted octanol–water partition coefficient (Wildman–Crippen LogP) is 2.02. The summed E-state index contributed by atoms with van der Waals surface area (Å²) in [5, 5.41) is 22.7. The number of hydrogen-bond donors (Lipinski definition) is 1. The highest BCUT2D eigenvalue weighted by molar-refractivity contribution is 5.81. The van der Waals surface area contributed by atoms with Gasteiger partial charge in [0.25, 0.3) is 5.69 Å². The Labute approximate surface area is 130 Å². The van der Waals surface area contributed by atoms with Gasteiger partial charge in [-0.1, -0.05) is 12.1 Å². The third-order valence-electron chi connectivity index (χ3n) is 2.89. The fourth-order valence-electron chi connectivity index (χ4n) is 1.81. The maximum atomic E-state index is 10.7. The molecule has 0 spiro atoms. The van der Waals surface area contributed by atoms with Crippen LogP contribution in [0.4, 0.5) is 11.5 Å². The Balaban J connectivity index is 1.66. The lowest BCUT2D eigenvalue weighted by Gasteiger charge is -2.01. The van der Waals surface area contributed by atoms with Crippen molar-refractivity contribution in [3.8, 4) is 5.82 Å². The molecule has 0 aliphatic carbocycles. The van der Waals surface area contributed by atoms with Gasteiger partial charge in [-0.2, -0.15) is 5.10 Å². The normalized spacial score (nSPS) is 10.8. The molecular weight excluding hydrogens is 298 g/mol. The molecule has 0 radical (unpaired) electrons. The minimum atomic E-state index is -0.453. The summed E-state index contributed by atoms with van der Waals surface area (Å²) in [4.78, 5) is 14.2. The molecule has 1 aromatic carbocycles. The van der Waals surface area contributed by atoms with Gasteiger partial charge in [-0.3, -0.25) is 20.1 Å². The van der Waals surface area contributed by atoms with E-state index in [-0.39, 0.29) is 5.69 Å². The highest BCUT2D eigenvalue weighted by Gasteiger charge is 2.04. The molecule has 0 atom stereocenters. The fraction of sp³-hybridized carbons (Fsp3) is 0. The van der Waals surface area contributed by atoms with E-state index in [2.05, 4.69) is 25.7 Å². The van der Waals surface area contributed by atoms with E-state index in [9.17, 15) is 10.1 Å². The molecule has 0 amide bonds. The topological polar surface area (TPSA) is 111 Å². The van der Waals surface area contributed by atoms with Crippen LogP contribution in [-0.2, 0) is 0 Å². The van der Waals surface area contributed by atoms with Gasteiger partial charge in [0.15, 0.2) is 11.6 Å². The van der Waals surface area contributed by atoms with Crippen LogP contribution in [0, 0.1) is 10.1 Å². The minimum Gasteiger partial charge on any atom is -0.289 e. The van der Waals surface area contributed by atoms with Gasteiger partial charge in [-0.05, 0) is 12.1 Å². The monoisotopic (exact) mass is 309 g/mol. The molecule has 2 aromatic heterocycles. The van der Waals surface area contributed by atoms with Crippen molar-refractivity contribution in [3.05, 3.63) is 70.8 Å². The SMILES string of the molecule is O=[N+]([O-])c1cccc(/C=N\Nc2ccc(-n3ccnc3)nn2)c1. The molecule has 0 aliphatic rings. The smallest absolute Gasteiger partial charge is 0.270 e. The molecule has 0 aliphatic heterocycles. The first-order valence-corrected chi connectivity index (χ1v) is 6.58. The minimum absolute atomic E-state index is 0.0124. The largest absolute Gasteiger partial charge is 0.289 e. The van der Waals surface area contributed by atoms with Gasteiger partial charge in [0.2, 0.25) is 0 Å². The predicted molar refractivity (Wildman–Crippen MR) is 83.5 cm³/mol. The number of hydrogen-bond acceptors (Lipinski definition) is 7. The average molecular weight is 309 g/mol. The number of nitro groups is 1. The van der Waals surface area contributed by atoms with Crippen molar-refractivity contribution >= 4 is 17.7 Å². The zero-order valence-electron chi connectivity index (χ0n) is 11.8. The quantitative estimate of drug-likeness (QED) is 0.438.